The molecule has 1 aliphatic heterocycles. The number of thiophene rings is 1. The van der Waals surface area contributed by atoms with Crippen LogP contribution in [0.1, 0.15) is 42.4 Å². The number of amides is 1. The van der Waals surface area contributed by atoms with Crippen molar-refractivity contribution in [1.82, 2.24) is 19.0 Å². The van der Waals surface area contributed by atoms with E-state index in [0.717, 1.165) is 32.0 Å². The maximum atomic E-state index is 15.3. The number of piperidine rings is 1. The van der Waals surface area contributed by atoms with Gasteiger partial charge in [-0.1, -0.05) is 6.92 Å². The van der Waals surface area contributed by atoms with Gasteiger partial charge in [0.05, 0.1) is 24.9 Å². The van der Waals surface area contributed by atoms with Crippen LogP contribution in [0.4, 0.5) is 10.1 Å². The molecule has 1 aliphatic rings. The number of methoxy groups -OCH3 is 1. The molecule has 0 spiro atoms. The number of fused-ring (bicyclic) bond motifs is 1. The van der Waals surface area contributed by atoms with Crippen molar-refractivity contribution in [1.29, 1.82) is 0 Å². The fourth-order valence-electron chi connectivity index (χ4n) is 5.93. The van der Waals surface area contributed by atoms with Gasteiger partial charge in [-0.15, -0.1) is 11.3 Å². The number of aromatic nitrogens is 3. The molecule has 1 N–H and O–H groups in total. The summed E-state index contributed by atoms with van der Waals surface area (Å²) >= 11 is 1.39. The van der Waals surface area contributed by atoms with Gasteiger partial charge in [-0.05, 0) is 87.0 Å². The normalized spacial score (nSPS) is 14.0. The standard InChI is InChI=1S/C35H38FN5O5S/c1-22-11-15-40(16-12-22)14-6-17-45-31-21-27-25(20-30(31)44-4)28(10-13-37-27)46-29-9-8-24(19-26(29)36)38-34(42)33-23(2)41(35(43)39(33)3)32-7-5-18-47-32/h5,7-10,13,18-22H,6,11-12,14-17H2,1-4H3,(H,38,42). The summed E-state index contributed by atoms with van der Waals surface area (Å²) in [6, 6.07) is 13.0. The third kappa shape index (κ3) is 6.89. The van der Waals surface area contributed by atoms with Crippen molar-refractivity contribution in [2.24, 2.45) is 13.0 Å². The van der Waals surface area contributed by atoms with Gasteiger partial charge in [0.25, 0.3) is 5.91 Å². The summed E-state index contributed by atoms with van der Waals surface area (Å²) in [6.45, 7) is 7.83. The van der Waals surface area contributed by atoms with E-state index in [-0.39, 0.29) is 22.8 Å². The minimum absolute atomic E-state index is 0.0330. The van der Waals surface area contributed by atoms with Crippen LogP contribution in [0.5, 0.6) is 23.0 Å². The van der Waals surface area contributed by atoms with Gasteiger partial charge in [0.1, 0.15) is 16.4 Å². The van der Waals surface area contributed by atoms with Crippen LogP contribution in [0.15, 0.2) is 64.9 Å². The predicted octanol–water partition coefficient (Wildman–Crippen LogP) is 6.79. The van der Waals surface area contributed by atoms with E-state index in [1.165, 1.54) is 52.5 Å². The highest BCUT2D eigenvalue weighted by atomic mass is 32.1. The lowest BCUT2D eigenvalue weighted by molar-refractivity contribution is 0.101. The highest BCUT2D eigenvalue weighted by molar-refractivity contribution is 7.12. The van der Waals surface area contributed by atoms with Crippen molar-refractivity contribution >= 4 is 33.8 Å². The van der Waals surface area contributed by atoms with Crippen LogP contribution in [-0.2, 0) is 7.05 Å². The second-order valence-electron chi connectivity index (χ2n) is 11.8. The van der Waals surface area contributed by atoms with E-state index in [1.807, 2.05) is 17.5 Å². The first-order chi connectivity index (χ1) is 22.7. The Bertz CT molecular complexity index is 1950. The molecule has 0 unspecified atom stereocenters. The van der Waals surface area contributed by atoms with E-state index in [4.69, 9.17) is 14.2 Å². The Labute approximate surface area is 276 Å². The minimum atomic E-state index is -0.676. The van der Waals surface area contributed by atoms with Crippen LogP contribution < -0.4 is 25.2 Å². The van der Waals surface area contributed by atoms with Crippen molar-refractivity contribution in [2.75, 3.05) is 38.7 Å². The second-order valence-corrected chi connectivity index (χ2v) is 12.7. The molecule has 1 fully saturated rings. The van der Waals surface area contributed by atoms with Crippen molar-refractivity contribution in [2.45, 2.75) is 33.1 Å². The molecule has 0 atom stereocenters. The van der Waals surface area contributed by atoms with E-state index in [1.54, 1.807) is 44.5 Å². The van der Waals surface area contributed by atoms with Gasteiger partial charge in [0, 0.05) is 43.0 Å². The van der Waals surface area contributed by atoms with Crippen molar-refractivity contribution in [3.8, 4) is 28.0 Å². The number of rotatable bonds is 11. The van der Waals surface area contributed by atoms with Gasteiger partial charge in [-0.25, -0.2) is 9.18 Å². The molecule has 2 aromatic carbocycles. The number of nitrogens with one attached hydrogen (secondary N) is 1. The van der Waals surface area contributed by atoms with E-state index in [2.05, 4.69) is 22.1 Å². The molecule has 246 valence electrons. The Kier molecular flexibility index (Phi) is 9.60. The van der Waals surface area contributed by atoms with Gasteiger partial charge in [-0.2, -0.15) is 0 Å². The number of likely N-dealkylation sites (tertiary alicyclic amines) is 1. The van der Waals surface area contributed by atoms with Crippen molar-refractivity contribution in [3.05, 3.63) is 87.8 Å². The fraction of sp³-hybridized carbons (Fsp3) is 0.343. The monoisotopic (exact) mass is 659 g/mol. The number of hydrogen-bond donors (Lipinski definition) is 1. The van der Waals surface area contributed by atoms with E-state index < -0.39 is 11.7 Å². The van der Waals surface area contributed by atoms with E-state index in [9.17, 15) is 9.59 Å². The molecule has 4 heterocycles. The van der Waals surface area contributed by atoms with Gasteiger partial charge in [0.2, 0.25) is 0 Å². The number of benzene rings is 2. The Hall–Kier alpha value is -4.68. The first-order valence-electron chi connectivity index (χ1n) is 15.7. The zero-order valence-electron chi connectivity index (χ0n) is 26.9. The Morgan fingerprint density at radius 2 is 1.89 bits per heavy atom. The first-order valence-corrected chi connectivity index (χ1v) is 16.5. The molecule has 3 aromatic heterocycles. The van der Waals surface area contributed by atoms with Crippen molar-refractivity contribution < 1.29 is 23.4 Å². The van der Waals surface area contributed by atoms with Crippen LogP contribution >= 0.6 is 11.3 Å². The lowest BCUT2D eigenvalue weighted by atomic mass is 9.99. The molecule has 5 aromatic rings. The number of nitrogens with zero attached hydrogens (tertiary/aromatic N) is 4. The Morgan fingerprint density at radius 1 is 1.09 bits per heavy atom. The fourth-order valence-corrected chi connectivity index (χ4v) is 6.70. The second kappa shape index (κ2) is 14.0. The van der Waals surface area contributed by atoms with Gasteiger partial charge < -0.3 is 24.4 Å². The van der Waals surface area contributed by atoms with Crippen LogP contribution in [-0.4, -0.2) is 58.3 Å². The summed E-state index contributed by atoms with van der Waals surface area (Å²) in [4.78, 5) is 33.0. The maximum absolute atomic E-state index is 15.3. The summed E-state index contributed by atoms with van der Waals surface area (Å²) in [5.74, 6) is 1.06. The van der Waals surface area contributed by atoms with Gasteiger partial charge >= 0.3 is 5.69 Å². The van der Waals surface area contributed by atoms with Gasteiger partial charge in [0.15, 0.2) is 23.1 Å². The quantitative estimate of drug-likeness (QED) is 0.156. The first kappa shape index (κ1) is 32.3. The topological polar surface area (TPSA) is 99.9 Å². The number of imidazole rings is 1. The largest absolute Gasteiger partial charge is 0.493 e. The van der Waals surface area contributed by atoms with Gasteiger partial charge in [-0.3, -0.25) is 18.9 Å². The van der Waals surface area contributed by atoms with Crippen LogP contribution in [0, 0.1) is 18.7 Å². The van der Waals surface area contributed by atoms with Crippen LogP contribution in [0.25, 0.3) is 15.9 Å². The molecule has 12 heteroatoms. The Balaban J connectivity index is 1.14. The van der Waals surface area contributed by atoms with E-state index in [0.29, 0.717) is 45.5 Å². The molecule has 0 aliphatic carbocycles. The maximum Gasteiger partial charge on any atom is 0.333 e. The van der Waals surface area contributed by atoms with E-state index >= 15 is 4.39 Å². The van der Waals surface area contributed by atoms with Crippen molar-refractivity contribution in [3.63, 3.8) is 0 Å². The summed E-state index contributed by atoms with van der Waals surface area (Å²) in [6.07, 6.45) is 4.98. The molecule has 0 radical (unpaired) electrons. The number of ether oxygens (including phenoxy) is 3. The third-order valence-corrected chi connectivity index (χ3v) is 9.44. The number of carbonyl (C=O) groups excluding carboxylic acids is 1. The molecular formula is C35H38FN5O5S. The number of hydrogen-bond acceptors (Lipinski definition) is 8. The highest BCUT2D eigenvalue weighted by Crippen LogP contribution is 2.38. The predicted molar refractivity (Wildman–Crippen MR) is 181 cm³/mol. The third-order valence-electron chi connectivity index (χ3n) is 8.58. The highest BCUT2D eigenvalue weighted by Gasteiger charge is 2.23. The molecule has 1 amide bonds. The smallest absolute Gasteiger partial charge is 0.333 e. The lowest BCUT2D eigenvalue weighted by Crippen LogP contribution is -2.34. The zero-order chi connectivity index (χ0) is 33.1. The average Bonchev–Trinajstić information content (AvgIpc) is 3.66. The Morgan fingerprint density at radius 3 is 2.62 bits per heavy atom. The minimum Gasteiger partial charge on any atom is -0.493 e. The summed E-state index contributed by atoms with van der Waals surface area (Å²) in [5.41, 5.74) is 1.16. The molecule has 10 nitrogen and oxygen atoms in total. The average molecular weight is 660 g/mol. The number of pyridine rings is 1. The molecule has 6 rings (SSSR count). The molecule has 0 bridgehead atoms. The summed E-state index contributed by atoms with van der Waals surface area (Å²) in [7, 11) is 3.11. The molecule has 1 saturated heterocycles. The SMILES string of the molecule is COc1cc2c(Oc3ccc(NC(=O)c4c(C)n(-c5cccs5)c(=O)n4C)cc3F)ccnc2cc1OCCCN1CCC(C)CC1. The zero-order valence-corrected chi connectivity index (χ0v) is 27.7. The molecule has 47 heavy (non-hydrogen) atoms. The molecular weight excluding hydrogens is 621 g/mol. The van der Waals surface area contributed by atoms with Crippen LogP contribution in [0.3, 0.4) is 0 Å². The summed E-state index contributed by atoms with van der Waals surface area (Å²) < 4.78 is 35.8. The van der Waals surface area contributed by atoms with Crippen LogP contribution in [0.2, 0.25) is 0 Å². The molecule has 0 saturated carbocycles. The number of anilines is 1. The lowest BCUT2D eigenvalue weighted by Gasteiger charge is -2.30. The number of carbonyl (C=O) groups is 1. The number of halogens is 1. The summed E-state index contributed by atoms with van der Waals surface area (Å²) in [5, 5.41) is 5.89.